The number of rotatable bonds is 3. The second-order valence-electron chi connectivity index (χ2n) is 5.85. The van der Waals surface area contributed by atoms with Gasteiger partial charge in [0.1, 0.15) is 16.5 Å². The van der Waals surface area contributed by atoms with Gasteiger partial charge in [0, 0.05) is 30.2 Å². The SMILES string of the molecule is Cc1nc(NC2CCOCC2)c2c(-c3ccccc3)csc2n1. The number of hydrogen-bond acceptors (Lipinski definition) is 5. The van der Waals surface area contributed by atoms with Crippen molar-refractivity contribution >= 4 is 27.4 Å². The molecule has 1 fully saturated rings. The van der Waals surface area contributed by atoms with Gasteiger partial charge in [-0.05, 0) is 25.3 Å². The van der Waals surface area contributed by atoms with Crippen molar-refractivity contribution in [2.75, 3.05) is 18.5 Å². The van der Waals surface area contributed by atoms with Crippen LogP contribution in [0.2, 0.25) is 0 Å². The quantitative estimate of drug-likeness (QED) is 0.782. The highest BCUT2D eigenvalue weighted by atomic mass is 32.1. The molecule has 5 heteroatoms. The first-order valence-corrected chi connectivity index (χ1v) is 8.85. The maximum Gasteiger partial charge on any atom is 0.139 e. The van der Waals surface area contributed by atoms with E-state index in [1.165, 1.54) is 11.1 Å². The van der Waals surface area contributed by atoms with Crippen molar-refractivity contribution in [3.63, 3.8) is 0 Å². The molecule has 118 valence electrons. The molecule has 4 rings (SSSR count). The molecule has 0 spiro atoms. The van der Waals surface area contributed by atoms with Gasteiger partial charge < -0.3 is 10.1 Å². The van der Waals surface area contributed by atoms with Crippen molar-refractivity contribution < 1.29 is 4.74 Å². The number of aryl methyl sites for hydroxylation is 1. The van der Waals surface area contributed by atoms with E-state index in [2.05, 4.69) is 39.9 Å². The molecule has 3 aromatic rings. The van der Waals surface area contributed by atoms with E-state index in [1.54, 1.807) is 11.3 Å². The number of thiophene rings is 1. The summed E-state index contributed by atoms with van der Waals surface area (Å²) in [5.74, 6) is 1.77. The minimum absolute atomic E-state index is 0.421. The topological polar surface area (TPSA) is 47.0 Å². The van der Waals surface area contributed by atoms with Crippen LogP contribution in [-0.4, -0.2) is 29.2 Å². The smallest absolute Gasteiger partial charge is 0.139 e. The van der Waals surface area contributed by atoms with Gasteiger partial charge >= 0.3 is 0 Å². The molecule has 0 atom stereocenters. The van der Waals surface area contributed by atoms with Crippen LogP contribution >= 0.6 is 11.3 Å². The Kier molecular flexibility index (Phi) is 3.97. The lowest BCUT2D eigenvalue weighted by molar-refractivity contribution is 0.0904. The van der Waals surface area contributed by atoms with E-state index in [4.69, 9.17) is 9.72 Å². The average molecular weight is 325 g/mol. The van der Waals surface area contributed by atoms with Crippen LogP contribution in [0.15, 0.2) is 35.7 Å². The Labute approximate surface area is 139 Å². The molecule has 0 unspecified atom stereocenters. The summed E-state index contributed by atoms with van der Waals surface area (Å²) in [5, 5.41) is 6.96. The van der Waals surface area contributed by atoms with E-state index >= 15 is 0 Å². The van der Waals surface area contributed by atoms with Crippen LogP contribution in [0.5, 0.6) is 0 Å². The van der Waals surface area contributed by atoms with Crippen LogP contribution in [0.25, 0.3) is 21.3 Å². The Morgan fingerprint density at radius 3 is 2.70 bits per heavy atom. The van der Waals surface area contributed by atoms with Gasteiger partial charge in [0.25, 0.3) is 0 Å². The van der Waals surface area contributed by atoms with Gasteiger partial charge in [-0.15, -0.1) is 11.3 Å². The summed E-state index contributed by atoms with van der Waals surface area (Å²) < 4.78 is 5.46. The fourth-order valence-corrected chi connectivity index (χ4v) is 4.01. The lowest BCUT2D eigenvalue weighted by Crippen LogP contribution is -2.28. The highest BCUT2D eigenvalue weighted by molar-refractivity contribution is 7.17. The highest BCUT2D eigenvalue weighted by Gasteiger charge is 2.19. The number of hydrogen-bond donors (Lipinski definition) is 1. The first-order valence-electron chi connectivity index (χ1n) is 7.97. The standard InChI is InChI=1S/C18H19N3OS/c1-12-19-17(21-14-7-9-22-10-8-14)16-15(11-23-18(16)20-12)13-5-3-2-4-6-13/h2-6,11,14H,7-10H2,1H3,(H,19,20,21). The van der Waals surface area contributed by atoms with Crippen LogP contribution in [0.4, 0.5) is 5.82 Å². The molecule has 3 heterocycles. The van der Waals surface area contributed by atoms with Gasteiger partial charge in [0.05, 0.1) is 5.39 Å². The molecular formula is C18H19N3OS. The first-order chi connectivity index (χ1) is 11.3. The average Bonchev–Trinajstić information content (AvgIpc) is 3.00. The summed E-state index contributed by atoms with van der Waals surface area (Å²) in [6.07, 6.45) is 2.05. The second-order valence-corrected chi connectivity index (χ2v) is 6.70. The minimum atomic E-state index is 0.421. The number of fused-ring (bicyclic) bond motifs is 1. The molecule has 0 aliphatic carbocycles. The summed E-state index contributed by atoms with van der Waals surface area (Å²) in [4.78, 5) is 10.4. The van der Waals surface area contributed by atoms with Gasteiger partial charge in [0.2, 0.25) is 0 Å². The summed E-state index contributed by atoms with van der Waals surface area (Å²) in [7, 11) is 0. The zero-order valence-electron chi connectivity index (χ0n) is 13.1. The number of ether oxygens (including phenoxy) is 1. The molecule has 1 N–H and O–H groups in total. The van der Waals surface area contributed by atoms with Crippen molar-refractivity contribution in [1.29, 1.82) is 0 Å². The highest BCUT2D eigenvalue weighted by Crippen LogP contribution is 2.37. The summed E-state index contributed by atoms with van der Waals surface area (Å²) in [6.45, 7) is 3.59. The lowest BCUT2D eigenvalue weighted by Gasteiger charge is -2.24. The molecule has 0 saturated carbocycles. The Hall–Kier alpha value is -1.98. The van der Waals surface area contributed by atoms with Crippen LogP contribution in [0, 0.1) is 6.92 Å². The number of benzene rings is 1. The zero-order valence-corrected chi connectivity index (χ0v) is 13.9. The van der Waals surface area contributed by atoms with E-state index in [-0.39, 0.29) is 0 Å². The molecular weight excluding hydrogens is 306 g/mol. The molecule has 2 aromatic heterocycles. The zero-order chi connectivity index (χ0) is 15.6. The summed E-state index contributed by atoms with van der Waals surface area (Å²) >= 11 is 1.68. The normalized spacial score (nSPS) is 15.9. The van der Waals surface area contributed by atoms with Crippen molar-refractivity contribution in [3.05, 3.63) is 41.5 Å². The molecule has 1 aromatic carbocycles. The molecule has 1 aliphatic rings. The minimum Gasteiger partial charge on any atom is -0.381 e. The third-order valence-electron chi connectivity index (χ3n) is 4.19. The van der Waals surface area contributed by atoms with Crippen LogP contribution in [0.3, 0.4) is 0 Å². The van der Waals surface area contributed by atoms with Gasteiger partial charge in [0.15, 0.2) is 0 Å². The molecule has 1 aliphatic heterocycles. The Bertz CT molecular complexity index is 810. The molecule has 1 saturated heterocycles. The van der Waals surface area contributed by atoms with Crippen molar-refractivity contribution in [2.24, 2.45) is 0 Å². The first kappa shape index (κ1) is 14.6. The predicted octanol–water partition coefficient (Wildman–Crippen LogP) is 4.26. The third-order valence-corrected chi connectivity index (χ3v) is 5.06. The second kappa shape index (κ2) is 6.26. The molecule has 0 radical (unpaired) electrons. The van der Waals surface area contributed by atoms with Crippen molar-refractivity contribution in [1.82, 2.24) is 9.97 Å². The largest absolute Gasteiger partial charge is 0.381 e. The number of nitrogens with one attached hydrogen (secondary N) is 1. The Morgan fingerprint density at radius 2 is 1.91 bits per heavy atom. The predicted molar refractivity (Wildman–Crippen MR) is 95.1 cm³/mol. The number of anilines is 1. The molecule has 23 heavy (non-hydrogen) atoms. The molecule has 0 bridgehead atoms. The Balaban J connectivity index is 1.80. The van der Waals surface area contributed by atoms with Gasteiger partial charge in [-0.3, -0.25) is 0 Å². The maximum atomic E-state index is 5.46. The maximum absolute atomic E-state index is 5.46. The van der Waals surface area contributed by atoms with Crippen LogP contribution in [0.1, 0.15) is 18.7 Å². The monoisotopic (exact) mass is 325 g/mol. The van der Waals surface area contributed by atoms with Gasteiger partial charge in [-0.1, -0.05) is 30.3 Å². The van der Waals surface area contributed by atoms with E-state index in [0.717, 1.165) is 47.9 Å². The number of aromatic nitrogens is 2. The van der Waals surface area contributed by atoms with E-state index in [9.17, 15) is 0 Å². The summed E-state index contributed by atoms with van der Waals surface area (Å²) in [6, 6.07) is 10.9. The fourth-order valence-electron chi connectivity index (χ4n) is 3.02. The van der Waals surface area contributed by atoms with Crippen LogP contribution < -0.4 is 5.32 Å². The third kappa shape index (κ3) is 2.94. The van der Waals surface area contributed by atoms with Crippen molar-refractivity contribution in [3.8, 4) is 11.1 Å². The number of nitrogens with zero attached hydrogens (tertiary/aromatic N) is 2. The lowest BCUT2D eigenvalue weighted by atomic mass is 10.1. The fraction of sp³-hybridized carbons (Fsp3) is 0.333. The van der Waals surface area contributed by atoms with Crippen molar-refractivity contribution in [2.45, 2.75) is 25.8 Å². The van der Waals surface area contributed by atoms with E-state index in [0.29, 0.717) is 6.04 Å². The van der Waals surface area contributed by atoms with E-state index in [1.807, 2.05) is 13.0 Å². The van der Waals surface area contributed by atoms with Crippen LogP contribution in [-0.2, 0) is 4.74 Å². The molecule has 0 amide bonds. The van der Waals surface area contributed by atoms with E-state index < -0.39 is 0 Å². The van der Waals surface area contributed by atoms with Gasteiger partial charge in [-0.25, -0.2) is 9.97 Å². The Morgan fingerprint density at radius 1 is 1.13 bits per heavy atom. The van der Waals surface area contributed by atoms with Gasteiger partial charge in [-0.2, -0.15) is 0 Å². The summed E-state index contributed by atoms with van der Waals surface area (Å²) in [5.41, 5.74) is 2.42. The molecule has 4 nitrogen and oxygen atoms in total.